The summed E-state index contributed by atoms with van der Waals surface area (Å²) in [7, 11) is 3.99. The minimum absolute atomic E-state index is 0.102. The van der Waals surface area contributed by atoms with Gasteiger partial charge >= 0.3 is 5.97 Å². The van der Waals surface area contributed by atoms with Crippen molar-refractivity contribution in [1.82, 2.24) is 9.97 Å². The zero-order valence-electron chi connectivity index (χ0n) is 12.0. The van der Waals surface area contributed by atoms with E-state index in [1.807, 2.05) is 50.2 Å². The van der Waals surface area contributed by atoms with Crippen molar-refractivity contribution in [1.29, 1.82) is 0 Å². The second-order valence-electron chi connectivity index (χ2n) is 4.99. The van der Waals surface area contributed by atoms with Crippen LogP contribution in [-0.2, 0) is 11.2 Å². The van der Waals surface area contributed by atoms with Gasteiger partial charge in [0.15, 0.2) is 0 Å². The molecule has 0 spiro atoms. The third-order valence-electron chi connectivity index (χ3n) is 3.22. The zero-order valence-corrected chi connectivity index (χ0v) is 12.0. The molecule has 0 fully saturated rings. The van der Waals surface area contributed by atoms with Crippen LogP contribution in [0, 0.1) is 6.92 Å². The van der Waals surface area contributed by atoms with Crippen LogP contribution in [0.25, 0.3) is 11.4 Å². The molecule has 1 aromatic heterocycles. The molecule has 5 nitrogen and oxygen atoms in total. The lowest BCUT2D eigenvalue weighted by molar-refractivity contribution is -0.136. The molecule has 0 aliphatic carbocycles. The third kappa shape index (κ3) is 3.17. The monoisotopic (exact) mass is 273 g/mol. The van der Waals surface area contributed by atoms with Crippen molar-refractivity contribution in [2.75, 3.05) is 19.0 Å². The van der Waals surface area contributed by atoms with Gasteiger partial charge in [0.2, 0.25) is 0 Å². The predicted octanol–water partition coefficient (Wildman–Crippen LogP) is 2.47. The first-order chi connectivity index (χ1) is 9.47. The van der Waals surface area contributed by atoms with Gasteiger partial charge in [0, 0.05) is 37.5 Å². The lowest BCUT2D eigenvalue weighted by Crippen LogP contribution is -2.07. The molecule has 2 N–H and O–H groups in total. The fourth-order valence-corrected chi connectivity index (χ4v) is 2.02. The highest BCUT2D eigenvalue weighted by Crippen LogP contribution is 2.21. The third-order valence-corrected chi connectivity index (χ3v) is 3.22. The minimum atomic E-state index is -0.802. The Labute approximate surface area is 118 Å². The topological polar surface area (TPSA) is 69.2 Å². The number of imidazole rings is 1. The van der Waals surface area contributed by atoms with E-state index in [0.717, 1.165) is 28.5 Å². The van der Waals surface area contributed by atoms with E-state index in [0.29, 0.717) is 6.42 Å². The van der Waals surface area contributed by atoms with Crippen LogP contribution >= 0.6 is 0 Å². The summed E-state index contributed by atoms with van der Waals surface area (Å²) in [4.78, 5) is 20.4. The smallest absolute Gasteiger partial charge is 0.303 e. The zero-order chi connectivity index (χ0) is 14.7. The number of carboxylic acids is 1. The van der Waals surface area contributed by atoms with Crippen molar-refractivity contribution in [3.63, 3.8) is 0 Å². The van der Waals surface area contributed by atoms with E-state index in [1.165, 1.54) is 0 Å². The Kier molecular flexibility index (Phi) is 4.08. The number of hydrogen-bond donors (Lipinski definition) is 2. The molecule has 0 radical (unpaired) electrons. The summed E-state index contributed by atoms with van der Waals surface area (Å²) in [6.07, 6.45) is 0.554. The molecule has 0 saturated heterocycles. The number of aryl methyl sites for hydroxylation is 2. The number of aliphatic carboxylic acids is 1. The molecule has 0 bridgehead atoms. The fraction of sp³-hybridized carbons (Fsp3) is 0.333. The van der Waals surface area contributed by atoms with E-state index in [2.05, 4.69) is 9.97 Å². The van der Waals surface area contributed by atoms with Crippen LogP contribution in [-0.4, -0.2) is 35.1 Å². The van der Waals surface area contributed by atoms with E-state index in [1.54, 1.807) is 0 Å². The Balaban J connectivity index is 2.20. The molecule has 106 valence electrons. The largest absolute Gasteiger partial charge is 0.481 e. The number of aromatic nitrogens is 2. The van der Waals surface area contributed by atoms with Crippen molar-refractivity contribution < 1.29 is 9.90 Å². The van der Waals surface area contributed by atoms with E-state index in [-0.39, 0.29) is 6.42 Å². The molecule has 2 aromatic rings. The van der Waals surface area contributed by atoms with Crippen LogP contribution in [0.4, 0.5) is 5.69 Å². The summed E-state index contributed by atoms with van der Waals surface area (Å²) in [5.74, 6) is -0.0162. The molecule has 5 heteroatoms. The number of carbonyl (C=O) groups is 1. The number of benzene rings is 1. The minimum Gasteiger partial charge on any atom is -0.481 e. The number of hydrogen-bond acceptors (Lipinski definition) is 3. The van der Waals surface area contributed by atoms with Gasteiger partial charge in [-0.3, -0.25) is 4.79 Å². The summed E-state index contributed by atoms with van der Waals surface area (Å²) < 4.78 is 0. The van der Waals surface area contributed by atoms with Crippen molar-refractivity contribution in [3.8, 4) is 11.4 Å². The predicted molar refractivity (Wildman–Crippen MR) is 79.0 cm³/mol. The van der Waals surface area contributed by atoms with E-state index < -0.39 is 5.97 Å². The van der Waals surface area contributed by atoms with Crippen molar-refractivity contribution >= 4 is 11.7 Å². The molecule has 0 aliphatic heterocycles. The van der Waals surface area contributed by atoms with Gasteiger partial charge in [-0.15, -0.1) is 0 Å². The van der Waals surface area contributed by atoms with Crippen molar-refractivity contribution in [2.24, 2.45) is 0 Å². The maximum atomic E-state index is 10.6. The molecule has 1 heterocycles. The van der Waals surface area contributed by atoms with Crippen molar-refractivity contribution in [3.05, 3.63) is 35.7 Å². The molecular weight excluding hydrogens is 254 g/mol. The second-order valence-corrected chi connectivity index (χ2v) is 4.99. The Morgan fingerprint density at radius 3 is 2.50 bits per heavy atom. The Hall–Kier alpha value is -2.30. The molecule has 2 rings (SSSR count). The van der Waals surface area contributed by atoms with Gasteiger partial charge in [0.1, 0.15) is 5.82 Å². The highest BCUT2D eigenvalue weighted by Gasteiger charge is 2.10. The number of rotatable bonds is 5. The van der Waals surface area contributed by atoms with Crippen LogP contribution < -0.4 is 4.90 Å². The molecule has 0 amide bonds. The standard InChI is InChI=1S/C15H19N3O2/c1-10-13(8-9-14(19)20)17-15(16-10)11-4-6-12(7-5-11)18(2)3/h4-7H,8-9H2,1-3H3,(H,16,17)(H,19,20). The quantitative estimate of drug-likeness (QED) is 0.878. The number of nitrogens with one attached hydrogen (secondary N) is 1. The Morgan fingerprint density at radius 1 is 1.30 bits per heavy atom. The first-order valence-corrected chi connectivity index (χ1v) is 6.52. The van der Waals surface area contributed by atoms with Crippen LogP contribution in [0.3, 0.4) is 0 Å². The van der Waals surface area contributed by atoms with Gasteiger partial charge in [0.05, 0.1) is 12.1 Å². The summed E-state index contributed by atoms with van der Waals surface area (Å²) >= 11 is 0. The lowest BCUT2D eigenvalue weighted by Gasteiger charge is -2.12. The summed E-state index contributed by atoms with van der Waals surface area (Å²) in [5, 5.41) is 8.73. The first-order valence-electron chi connectivity index (χ1n) is 6.52. The number of aromatic amines is 1. The average Bonchev–Trinajstić information content (AvgIpc) is 2.78. The van der Waals surface area contributed by atoms with Crippen LogP contribution in [0.5, 0.6) is 0 Å². The van der Waals surface area contributed by atoms with Gasteiger partial charge < -0.3 is 15.0 Å². The van der Waals surface area contributed by atoms with E-state index >= 15 is 0 Å². The van der Waals surface area contributed by atoms with Crippen LogP contribution in [0.1, 0.15) is 17.8 Å². The van der Waals surface area contributed by atoms with E-state index in [9.17, 15) is 4.79 Å². The van der Waals surface area contributed by atoms with Gasteiger partial charge in [-0.2, -0.15) is 0 Å². The molecule has 0 atom stereocenters. The fourth-order valence-electron chi connectivity index (χ4n) is 2.02. The summed E-state index contributed by atoms with van der Waals surface area (Å²) in [6, 6.07) is 8.08. The molecule has 0 saturated carbocycles. The Morgan fingerprint density at radius 2 is 1.95 bits per heavy atom. The molecular formula is C15H19N3O2. The normalized spacial score (nSPS) is 10.6. The highest BCUT2D eigenvalue weighted by molar-refractivity contribution is 5.67. The maximum absolute atomic E-state index is 10.6. The maximum Gasteiger partial charge on any atom is 0.303 e. The van der Waals surface area contributed by atoms with Gasteiger partial charge in [-0.25, -0.2) is 4.98 Å². The molecule has 0 aliphatic rings. The van der Waals surface area contributed by atoms with E-state index in [4.69, 9.17) is 5.11 Å². The average molecular weight is 273 g/mol. The Bertz CT molecular complexity index is 600. The van der Waals surface area contributed by atoms with Gasteiger partial charge in [-0.05, 0) is 31.2 Å². The first kappa shape index (κ1) is 14.1. The lowest BCUT2D eigenvalue weighted by atomic mass is 10.2. The molecule has 20 heavy (non-hydrogen) atoms. The van der Waals surface area contributed by atoms with Crippen LogP contribution in [0.15, 0.2) is 24.3 Å². The van der Waals surface area contributed by atoms with Crippen molar-refractivity contribution in [2.45, 2.75) is 19.8 Å². The number of carboxylic acid groups (broad SMARTS) is 1. The SMILES string of the molecule is Cc1[nH]c(-c2ccc(N(C)C)cc2)nc1CCC(=O)O. The number of H-pyrrole nitrogens is 1. The second kappa shape index (κ2) is 5.77. The summed E-state index contributed by atoms with van der Waals surface area (Å²) in [5.41, 5.74) is 3.88. The highest BCUT2D eigenvalue weighted by atomic mass is 16.4. The molecule has 1 aromatic carbocycles. The number of anilines is 1. The van der Waals surface area contributed by atoms with Gasteiger partial charge in [0.25, 0.3) is 0 Å². The number of nitrogens with zero attached hydrogens (tertiary/aromatic N) is 2. The molecule has 0 unspecified atom stereocenters. The summed E-state index contributed by atoms with van der Waals surface area (Å²) in [6.45, 7) is 1.92. The van der Waals surface area contributed by atoms with Crippen LogP contribution in [0.2, 0.25) is 0 Å². The van der Waals surface area contributed by atoms with Gasteiger partial charge in [-0.1, -0.05) is 0 Å².